The molecule has 2 N–H and O–H groups in total. The molecule has 0 fully saturated rings. The van der Waals surface area contributed by atoms with Gasteiger partial charge < -0.3 is 10.6 Å². The third-order valence-corrected chi connectivity index (χ3v) is 2.82. The van der Waals surface area contributed by atoms with Gasteiger partial charge in [-0.25, -0.2) is 4.98 Å². The number of anilines is 1. The van der Waals surface area contributed by atoms with E-state index in [1.165, 1.54) is 0 Å². The van der Waals surface area contributed by atoms with E-state index in [1.54, 1.807) is 12.3 Å². The van der Waals surface area contributed by atoms with Crippen LogP contribution in [0.2, 0.25) is 0 Å². The molecular weight excluding hydrogens is 282 g/mol. The maximum absolute atomic E-state index is 12.3. The Hall–Kier alpha value is -1.10. The van der Waals surface area contributed by atoms with Gasteiger partial charge >= 0.3 is 0 Å². The predicted molar refractivity (Wildman–Crippen MR) is 72.8 cm³/mol. The summed E-state index contributed by atoms with van der Waals surface area (Å²) in [5, 5.41) is 0. The number of nitrogen functional groups attached to an aromatic ring is 1. The number of carbonyl (C=O) groups excluding carboxylic acids is 1. The summed E-state index contributed by atoms with van der Waals surface area (Å²) < 4.78 is 0.767. The van der Waals surface area contributed by atoms with Crippen LogP contribution >= 0.6 is 15.9 Å². The highest BCUT2D eigenvalue weighted by Gasteiger charge is 2.17. The highest BCUT2D eigenvalue weighted by atomic mass is 79.9. The van der Waals surface area contributed by atoms with Gasteiger partial charge in [-0.3, -0.25) is 4.79 Å². The number of nitrogens with zero attached hydrogens (tertiary/aromatic N) is 2. The van der Waals surface area contributed by atoms with Crippen molar-refractivity contribution in [3.8, 4) is 0 Å². The van der Waals surface area contributed by atoms with E-state index in [9.17, 15) is 4.79 Å². The fraction of sp³-hybridized carbons (Fsp3) is 0.500. The van der Waals surface area contributed by atoms with Gasteiger partial charge in [0.05, 0.1) is 5.56 Å². The van der Waals surface area contributed by atoms with Gasteiger partial charge in [-0.05, 0) is 34.8 Å². The third kappa shape index (κ3) is 3.70. The molecular formula is C12H18BrN3O. The summed E-state index contributed by atoms with van der Waals surface area (Å²) in [5.41, 5.74) is 6.21. The van der Waals surface area contributed by atoms with Crippen LogP contribution in [0.25, 0.3) is 0 Å². The quantitative estimate of drug-likeness (QED) is 0.909. The van der Waals surface area contributed by atoms with E-state index >= 15 is 0 Å². The number of rotatable bonds is 5. The van der Waals surface area contributed by atoms with Crippen molar-refractivity contribution in [3.05, 3.63) is 22.3 Å². The first-order valence-electron chi connectivity index (χ1n) is 5.80. The average Bonchev–Trinajstić information content (AvgIpc) is 2.31. The Balaban J connectivity index is 2.95. The molecule has 0 bridgehead atoms. The molecule has 0 aliphatic heterocycles. The second kappa shape index (κ2) is 6.59. The summed E-state index contributed by atoms with van der Waals surface area (Å²) in [6, 6.07) is 1.73. The molecule has 0 saturated carbocycles. The molecule has 0 aliphatic carbocycles. The van der Waals surface area contributed by atoms with Crippen molar-refractivity contribution in [2.75, 3.05) is 18.8 Å². The van der Waals surface area contributed by atoms with Crippen LogP contribution in [0.5, 0.6) is 0 Å². The average molecular weight is 300 g/mol. The first kappa shape index (κ1) is 14.0. The lowest BCUT2D eigenvalue weighted by molar-refractivity contribution is 0.0756. The van der Waals surface area contributed by atoms with E-state index in [1.807, 2.05) is 4.90 Å². The van der Waals surface area contributed by atoms with Crippen LogP contribution in [0, 0.1) is 0 Å². The van der Waals surface area contributed by atoms with Crippen molar-refractivity contribution < 1.29 is 4.79 Å². The van der Waals surface area contributed by atoms with E-state index in [0.29, 0.717) is 5.56 Å². The van der Waals surface area contributed by atoms with Gasteiger partial charge in [0.15, 0.2) is 0 Å². The van der Waals surface area contributed by atoms with Gasteiger partial charge in [-0.15, -0.1) is 0 Å². The summed E-state index contributed by atoms with van der Waals surface area (Å²) in [6.07, 6.45) is 3.47. The molecule has 0 radical (unpaired) electrons. The van der Waals surface area contributed by atoms with Crippen LogP contribution in [-0.2, 0) is 0 Å². The molecule has 0 unspecified atom stereocenters. The molecule has 1 aromatic heterocycles. The van der Waals surface area contributed by atoms with Crippen LogP contribution in [0.4, 0.5) is 5.82 Å². The molecule has 5 heteroatoms. The SMILES string of the molecule is CCCN(CCC)C(=O)c1cc(Br)cnc1N. The first-order chi connectivity index (χ1) is 8.10. The molecule has 0 aromatic carbocycles. The molecule has 1 amide bonds. The van der Waals surface area contributed by atoms with Gasteiger partial charge in [0.25, 0.3) is 5.91 Å². The largest absolute Gasteiger partial charge is 0.383 e. The number of carbonyl (C=O) groups is 1. The monoisotopic (exact) mass is 299 g/mol. The normalized spacial score (nSPS) is 10.3. The fourth-order valence-corrected chi connectivity index (χ4v) is 1.98. The number of hydrogen-bond acceptors (Lipinski definition) is 3. The molecule has 17 heavy (non-hydrogen) atoms. The number of pyridine rings is 1. The highest BCUT2D eigenvalue weighted by molar-refractivity contribution is 9.10. The molecule has 0 atom stereocenters. The van der Waals surface area contributed by atoms with Crippen LogP contribution < -0.4 is 5.73 Å². The summed E-state index contributed by atoms with van der Waals surface area (Å²) >= 11 is 3.30. The highest BCUT2D eigenvalue weighted by Crippen LogP contribution is 2.17. The zero-order valence-corrected chi connectivity index (χ0v) is 11.8. The van der Waals surface area contributed by atoms with Crippen LogP contribution in [0.3, 0.4) is 0 Å². The molecule has 94 valence electrons. The smallest absolute Gasteiger partial charge is 0.257 e. The van der Waals surface area contributed by atoms with Gasteiger partial charge in [-0.2, -0.15) is 0 Å². The third-order valence-electron chi connectivity index (χ3n) is 2.39. The van der Waals surface area contributed by atoms with Gasteiger partial charge in [-0.1, -0.05) is 13.8 Å². The maximum Gasteiger partial charge on any atom is 0.257 e. The summed E-state index contributed by atoms with van der Waals surface area (Å²) in [5.74, 6) is 0.246. The number of halogens is 1. The maximum atomic E-state index is 12.3. The van der Waals surface area contributed by atoms with E-state index in [-0.39, 0.29) is 11.7 Å². The molecule has 0 spiro atoms. The van der Waals surface area contributed by atoms with Crippen molar-refractivity contribution in [2.45, 2.75) is 26.7 Å². The van der Waals surface area contributed by atoms with E-state index in [0.717, 1.165) is 30.4 Å². The Bertz CT molecular complexity index is 389. The Labute approximate surface area is 110 Å². The lowest BCUT2D eigenvalue weighted by atomic mass is 10.2. The minimum atomic E-state index is -0.0417. The van der Waals surface area contributed by atoms with Gasteiger partial charge in [0, 0.05) is 23.8 Å². The van der Waals surface area contributed by atoms with E-state index in [2.05, 4.69) is 34.8 Å². The topological polar surface area (TPSA) is 59.2 Å². The molecule has 1 heterocycles. The van der Waals surface area contributed by atoms with E-state index in [4.69, 9.17) is 5.73 Å². The van der Waals surface area contributed by atoms with Gasteiger partial charge in [0.1, 0.15) is 5.82 Å². The van der Waals surface area contributed by atoms with Crippen molar-refractivity contribution in [3.63, 3.8) is 0 Å². The van der Waals surface area contributed by atoms with Crippen molar-refractivity contribution in [1.29, 1.82) is 0 Å². The zero-order valence-electron chi connectivity index (χ0n) is 10.2. The lowest BCUT2D eigenvalue weighted by Gasteiger charge is -2.22. The predicted octanol–water partition coefficient (Wildman–Crippen LogP) is 2.69. The van der Waals surface area contributed by atoms with Crippen molar-refractivity contribution in [1.82, 2.24) is 9.88 Å². The number of nitrogens with two attached hydrogens (primary N) is 1. The molecule has 1 aromatic rings. The minimum absolute atomic E-state index is 0.0417. The van der Waals surface area contributed by atoms with E-state index < -0.39 is 0 Å². The number of aromatic nitrogens is 1. The van der Waals surface area contributed by atoms with Crippen molar-refractivity contribution in [2.24, 2.45) is 0 Å². The Kier molecular flexibility index (Phi) is 5.41. The second-order valence-electron chi connectivity index (χ2n) is 3.88. The summed E-state index contributed by atoms with van der Waals surface area (Å²) in [7, 11) is 0. The van der Waals surface area contributed by atoms with Crippen LogP contribution in [-0.4, -0.2) is 28.9 Å². The number of hydrogen-bond donors (Lipinski definition) is 1. The Morgan fingerprint density at radius 1 is 1.41 bits per heavy atom. The molecule has 4 nitrogen and oxygen atoms in total. The molecule has 1 rings (SSSR count). The summed E-state index contributed by atoms with van der Waals surface area (Å²) in [4.78, 5) is 18.1. The lowest BCUT2D eigenvalue weighted by Crippen LogP contribution is -2.33. The van der Waals surface area contributed by atoms with Crippen LogP contribution in [0.1, 0.15) is 37.0 Å². The first-order valence-corrected chi connectivity index (χ1v) is 6.59. The Morgan fingerprint density at radius 3 is 2.53 bits per heavy atom. The van der Waals surface area contributed by atoms with Crippen molar-refractivity contribution >= 4 is 27.7 Å². The molecule has 0 aliphatic rings. The second-order valence-corrected chi connectivity index (χ2v) is 4.79. The minimum Gasteiger partial charge on any atom is -0.383 e. The van der Waals surface area contributed by atoms with Gasteiger partial charge in [0.2, 0.25) is 0 Å². The fourth-order valence-electron chi connectivity index (χ4n) is 1.65. The number of amides is 1. The Morgan fingerprint density at radius 2 is 2.00 bits per heavy atom. The van der Waals surface area contributed by atoms with Crippen LogP contribution in [0.15, 0.2) is 16.7 Å². The zero-order chi connectivity index (χ0) is 12.8. The summed E-state index contributed by atoms with van der Waals surface area (Å²) in [6.45, 7) is 5.61. The molecule has 0 saturated heterocycles. The standard InChI is InChI=1S/C12H18BrN3O/c1-3-5-16(6-4-2)12(17)10-7-9(13)8-15-11(10)14/h7-8H,3-6H2,1-2H3,(H2,14,15).